The highest BCUT2D eigenvalue weighted by Crippen LogP contribution is 2.40. The molecule has 0 saturated heterocycles. The molecule has 5 heteroatoms. The van der Waals surface area contributed by atoms with Crippen molar-refractivity contribution in [1.29, 1.82) is 0 Å². The van der Waals surface area contributed by atoms with Crippen LogP contribution in [0.1, 0.15) is 5.56 Å². The summed E-state index contributed by atoms with van der Waals surface area (Å²) in [5.74, 6) is 0.237. The van der Waals surface area contributed by atoms with Crippen molar-refractivity contribution in [3.63, 3.8) is 0 Å². The molecule has 15 heavy (non-hydrogen) atoms. The van der Waals surface area contributed by atoms with E-state index < -0.39 is 11.7 Å². The third-order valence-electron chi connectivity index (χ3n) is 2.39. The van der Waals surface area contributed by atoms with E-state index in [2.05, 4.69) is 0 Å². The minimum atomic E-state index is -4.41. The highest BCUT2D eigenvalue weighted by molar-refractivity contribution is 5.82. The lowest BCUT2D eigenvalue weighted by molar-refractivity contribution is -0.135. The summed E-state index contributed by atoms with van der Waals surface area (Å²) >= 11 is 0. The molecule has 0 N–H and O–H groups in total. The van der Waals surface area contributed by atoms with Gasteiger partial charge in [0, 0.05) is 0 Å². The average molecular weight is 214 g/mol. The highest BCUT2D eigenvalue weighted by Gasteiger charge is 2.39. The first-order chi connectivity index (χ1) is 7.07. The Morgan fingerprint density at radius 2 is 2.00 bits per heavy atom. The van der Waals surface area contributed by atoms with Crippen LogP contribution in [0.15, 0.2) is 16.5 Å². The number of hydrogen-bond acceptors (Lipinski definition) is 2. The highest BCUT2D eigenvalue weighted by atomic mass is 19.4. The number of fused-ring (bicyclic) bond motifs is 1. The van der Waals surface area contributed by atoms with E-state index in [1.807, 2.05) is 0 Å². The van der Waals surface area contributed by atoms with Crippen molar-refractivity contribution in [2.45, 2.75) is 6.18 Å². The number of alkyl halides is 3. The number of ether oxygens (including phenoxy) is 1. The van der Waals surface area contributed by atoms with E-state index in [1.165, 1.54) is 18.2 Å². The topological polar surface area (TPSA) is 22.4 Å². The summed E-state index contributed by atoms with van der Waals surface area (Å²) < 4.78 is 48.3. The maximum Gasteiger partial charge on any atom is 0.420 e. The van der Waals surface area contributed by atoms with Gasteiger partial charge in [-0.15, -0.1) is 0 Å². The van der Waals surface area contributed by atoms with Gasteiger partial charge in [-0.25, -0.2) is 0 Å². The summed E-state index contributed by atoms with van der Waals surface area (Å²) in [4.78, 5) is 0. The van der Waals surface area contributed by atoms with Crippen LogP contribution >= 0.6 is 0 Å². The van der Waals surface area contributed by atoms with E-state index in [9.17, 15) is 13.2 Å². The molecule has 0 amide bonds. The van der Waals surface area contributed by atoms with Gasteiger partial charge in [0.25, 0.3) is 0 Å². The van der Waals surface area contributed by atoms with Gasteiger partial charge in [-0.05, 0) is 18.2 Å². The molecular weight excluding hydrogens is 209 g/mol. The van der Waals surface area contributed by atoms with Crippen molar-refractivity contribution in [2.24, 2.45) is 0 Å². The van der Waals surface area contributed by atoms with Gasteiger partial charge >= 0.3 is 6.18 Å². The molecule has 0 aliphatic carbocycles. The largest absolute Gasteiger partial charge is 0.489 e. The number of furan rings is 1. The second-order valence-electron chi connectivity index (χ2n) is 3.29. The number of hydrogen-bond donors (Lipinski definition) is 0. The zero-order valence-electron chi connectivity index (χ0n) is 7.39. The Morgan fingerprint density at radius 1 is 1.20 bits per heavy atom. The Balaban J connectivity index is 2.51. The Hall–Kier alpha value is -1.65. The summed E-state index contributed by atoms with van der Waals surface area (Å²) in [5.41, 5.74) is -0.618. The van der Waals surface area contributed by atoms with Crippen LogP contribution in [0.5, 0.6) is 5.75 Å². The van der Waals surface area contributed by atoms with Crippen LogP contribution in [-0.2, 0) is 6.18 Å². The summed E-state index contributed by atoms with van der Waals surface area (Å²) in [6.07, 6.45) is -2.90. The van der Waals surface area contributed by atoms with Crippen LogP contribution in [0.25, 0.3) is 17.0 Å². The summed E-state index contributed by atoms with van der Waals surface area (Å²) in [6, 6.07) is 2.79. The molecule has 0 spiro atoms. The first-order valence-electron chi connectivity index (χ1n) is 4.33. The summed E-state index contributed by atoms with van der Waals surface area (Å²) in [7, 11) is 0. The van der Waals surface area contributed by atoms with Gasteiger partial charge in [0.15, 0.2) is 0 Å². The lowest BCUT2D eigenvalue weighted by Crippen LogP contribution is -2.13. The monoisotopic (exact) mass is 214 g/mol. The Labute approximate surface area is 81.9 Å². The molecule has 3 rings (SSSR count). The lowest BCUT2D eigenvalue weighted by Gasteiger charge is -2.11. The molecule has 78 valence electrons. The molecule has 0 atom stereocenters. The molecule has 0 fully saturated rings. The zero-order chi connectivity index (χ0) is 10.6. The SMILES string of the molecule is FC(F)(F)c1c2ccc3c1c(o2)=CCO3. The molecular formula is C10H5F3O2. The molecule has 0 radical (unpaired) electrons. The Morgan fingerprint density at radius 3 is 2.73 bits per heavy atom. The van der Waals surface area contributed by atoms with E-state index in [0.29, 0.717) is 0 Å². The number of benzene rings is 1. The maximum absolute atomic E-state index is 12.7. The Bertz CT molecular complexity index is 580. The molecule has 1 aromatic heterocycles. The predicted molar refractivity (Wildman–Crippen MR) is 46.4 cm³/mol. The third-order valence-corrected chi connectivity index (χ3v) is 2.39. The molecule has 1 aliphatic rings. The van der Waals surface area contributed by atoms with Crippen LogP contribution in [-0.4, -0.2) is 6.61 Å². The smallest absolute Gasteiger partial charge is 0.420 e. The normalized spacial score (nSPS) is 15.1. The molecule has 1 aromatic carbocycles. The third kappa shape index (κ3) is 1.06. The van der Waals surface area contributed by atoms with E-state index in [0.717, 1.165) is 0 Å². The fourth-order valence-corrected chi connectivity index (χ4v) is 1.82. The molecule has 0 unspecified atom stereocenters. The van der Waals surface area contributed by atoms with E-state index >= 15 is 0 Å². The lowest BCUT2D eigenvalue weighted by atomic mass is 10.1. The minimum absolute atomic E-state index is 0.0336. The van der Waals surface area contributed by atoms with Crippen molar-refractivity contribution in [2.75, 3.05) is 6.61 Å². The summed E-state index contributed by atoms with van der Waals surface area (Å²) in [6.45, 7) is 0.247. The van der Waals surface area contributed by atoms with Gasteiger partial charge in [-0.2, -0.15) is 13.2 Å². The average Bonchev–Trinajstić information content (AvgIpc) is 2.50. The molecule has 1 aliphatic heterocycles. The zero-order valence-corrected chi connectivity index (χ0v) is 7.39. The first kappa shape index (κ1) is 8.64. The summed E-state index contributed by atoms with van der Waals surface area (Å²) in [5, 5.41) is 0.0336. The first-order valence-corrected chi connectivity index (χ1v) is 4.33. The molecule has 2 heterocycles. The van der Waals surface area contributed by atoms with Crippen molar-refractivity contribution in [3.05, 3.63) is 23.1 Å². The second kappa shape index (κ2) is 2.48. The maximum atomic E-state index is 12.7. The van der Waals surface area contributed by atoms with Crippen LogP contribution in [0.2, 0.25) is 0 Å². The fraction of sp³-hybridized carbons (Fsp3) is 0.200. The van der Waals surface area contributed by atoms with Crippen LogP contribution in [0.3, 0.4) is 0 Å². The van der Waals surface area contributed by atoms with Crippen LogP contribution < -0.4 is 10.2 Å². The van der Waals surface area contributed by atoms with Gasteiger partial charge in [0.2, 0.25) is 0 Å². The molecule has 0 saturated carbocycles. The van der Waals surface area contributed by atoms with Crippen molar-refractivity contribution in [3.8, 4) is 5.75 Å². The van der Waals surface area contributed by atoms with Gasteiger partial charge in [-0.3, -0.25) is 0 Å². The minimum Gasteiger partial charge on any atom is -0.489 e. The number of rotatable bonds is 0. The molecule has 2 bridgehead atoms. The molecule has 2 aromatic rings. The van der Waals surface area contributed by atoms with E-state index in [1.54, 1.807) is 0 Å². The van der Waals surface area contributed by atoms with Crippen molar-refractivity contribution >= 4 is 17.0 Å². The molecule has 2 nitrogen and oxygen atoms in total. The quantitative estimate of drug-likeness (QED) is 0.671. The fourth-order valence-electron chi connectivity index (χ4n) is 1.82. The van der Waals surface area contributed by atoms with E-state index in [4.69, 9.17) is 9.15 Å². The van der Waals surface area contributed by atoms with Crippen molar-refractivity contribution in [1.82, 2.24) is 0 Å². The van der Waals surface area contributed by atoms with Crippen molar-refractivity contribution < 1.29 is 22.3 Å². The van der Waals surface area contributed by atoms with E-state index in [-0.39, 0.29) is 28.7 Å². The Kier molecular flexibility index (Phi) is 1.43. The van der Waals surface area contributed by atoms with Gasteiger partial charge in [0.05, 0.1) is 5.39 Å². The van der Waals surface area contributed by atoms with Crippen LogP contribution in [0, 0.1) is 0 Å². The second-order valence-corrected chi connectivity index (χ2v) is 3.29. The number of halogens is 3. The van der Waals surface area contributed by atoms with Gasteiger partial charge in [-0.1, -0.05) is 0 Å². The van der Waals surface area contributed by atoms with Gasteiger partial charge in [0.1, 0.15) is 28.9 Å². The van der Waals surface area contributed by atoms with Crippen LogP contribution in [0.4, 0.5) is 13.2 Å². The predicted octanol–water partition coefficient (Wildman–Crippen LogP) is 2.34. The van der Waals surface area contributed by atoms with Gasteiger partial charge < -0.3 is 9.15 Å². The standard InChI is InChI=1S/C10H5F3O2/c11-10(12,13)9-7-2-1-5-8(9)6(15-7)3-4-14-5/h1-3H,4H2.